The summed E-state index contributed by atoms with van der Waals surface area (Å²) in [6.07, 6.45) is 2.90. The zero-order valence-corrected chi connectivity index (χ0v) is 13.8. The van der Waals surface area contributed by atoms with Gasteiger partial charge in [0.15, 0.2) is 0 Å². The normalized spacial score (nSPS) is 12.8. The molecule has 2 heterocycles. The van der Waals surface area contributed by atoms with Crippen LogP contribution >= 0.6 is 15.9 Å². The molecule has 0 aliphatic carbocycles. The van der Waals surface area contributed by atoms with Crippen LogP contribution < -0.4 is 5.32 Å². The van der Waals surface area contributed by atoms with Crippen LogP contribution in [0, 0.1) is 5.92 Å². The lowest BCUT2D eigenvalue weighted by Gasteiger charge is -2.15. The van der Waals surface area contributed by atoms with Crippen molar-refractivity contribution in [1.29, 1.82) is 0 Å². The van der Waals surface area contributed by atoms with Crippen LogP contribution in [0.1, 0.15) is 13.8 Å². The predicted molar refractivity (Wildman–Crippen MR) is 87.4 cm³/mol. The van der Waals surface area contributed by atoms with Crippen LogP contribution in [-0.2, 0) is 4.74 Å². The molecule has 1 unspecified atom stereocenters. The summed E-state index contributed by atoms with van der Waals surface area (Å²) in [7, 11) is 0. The molecule has 5 nitrogen and oxygen atoms in total. The van der Waals surface area contributed by atoms with Gasteiger partial charge in [-0.3, -0.25) is 9.97 Å². The second-order valence-corrected chi connectivity index (χ2v) is 6.26. The maximum atomic E-state index is 9.91. The van der Waals surface area contributed by atoms with Crippen molar-refractivity contribution in [3.63, 3.8) is 0 Å². The molecular weight excluding hydrogens is 334 g/mol. The van der Waals surface area contributed by atoms with Gasteiger partial charge in [-0.1, -0.05) is 13.8 Å². The van der Waals surface area contributed by atoms with E-state index in [4.69, 9.17) is 4.74 Å². The maximum absolute atomic E-state index is 9.91. The minimum absolute atomic E-state index is 0.327. The van der Waals surface area contributed by atoms with E-state index in [1.54, 1.807) is 12.4 Å². The molecule has 1 atom stereocenters. The molecule has 21 heavy (non-hydrogen) atoms. The number of hydrogen-bond acceptors (Lipinski definition) is 5. The fourth-order valence-corrected chi connectivity index (χ4v) is 2.19. The average molecular weight is 354 g/mol. The molecule has 0 aliphatic heterocycles. The van der Waals surface area contributed by atoms with Crippen LogP contribution in [0.4, 0.5) is 5.69 Å². The summed E-state index contributed by atoms with van der Waals surface area (Å²) < 4.78 is 6.31. The third-order valence-electron chi connectivity index (χ3n) is 2.83. The summed E-state index contributed by atoms with van der Waals surface area (Å²) in [5.74, 6) is 0.469. The first-order valence-electron chi connectivity index (χ1n) is 6.96. The number of nitrogens with zero attached hydrogens (tertiary/aromatic N) is 2. The van der Waals surface area contributed by atoms with Crippen molar-refractivity contribution in [2.45, 2.75) is 20.0 Å². The molecule has 0 amide bonds. The molecule has 0 saturated carbocycles. The smallest absolute Gasteiger partial charge is 0.112 e. The molecule has 0 radical (unpaired) electrons. The zero-order chi connectivity index (χ0) is 15.2. The van der Waals surface area contributed by atoms with E-state index in [1.807, 2.05) is 12.1 Å². The van der Waals surface area contributed by atoms with Gasteiger partial charge in [-0.2, -0.15) is 0 Å². The van der Waals surface area contributed by atoms with Crippen LogP contribution in [0.15, 0.2) is 29.0 Å². The van der Waals surface area contributed by atoms with Gasteiger partial charge in [-0.25, -0.2) is 0 Å². The van der Waals surface area contributed by atoms with Gasteiger partial charge in [0.1, 0.15) is 5.52 Å². The molecule has 0 aromatic carbocycles. The number of ether oxygens (including phenoxy) is 1. The highest BCUT2D eigenvalue weighted by Gasteiger charge is 2.08. The Morgan fingerprint density at radius 3 is 2.90 bits per heavy atom. The summed E-state index contributed by atoms with van der Waals surface area (Å²) in [6, 6.07) is 3.76. The van der Waals surface area contributed by atoms with Gasteiger partial charge in [0.2, 0.25) is 0 Å². The molecule has 2 rings (SSSR count). The van der Waals surface area contributed by atoms with Gasteiger partial charge in [-0.15, -0.1) is 0 Å². The molecule has 6 heteroatoms. The van der Waals surface area contributed by atoms with E-state index >= 15 is 0 Å². The monoisotopic (exact) mass is 353 g/mol. The molecule has 2 aromatic rings. The number of aromatic nitrogens is 2. The SMILES string of the molecule is CC(C)COCC(O)CNc1ccnc2cc(Br)cnc12. The Hall–Kier alpha value is -1.24. The number of nitrogens with one attached hydrogen (secondary N) is 1. The first kappa shape index (κ1) is 16.1. The van der Waals surface area contributed by atoms with Gasteiger partial charge in [0, 0.05) is 30.0 Å². The highest BCUT2D eigenvalue weighted by molar-refractivity contribution is 9.10. The number of rotatable bonds is 7. The number of pyridine rings is 2. The van der Waals surface area contributed by atoms with E-state index in [0.29, 0.717) is 25.7 Å². The number of halogens is 1. The summed E-state index contributed by atoms with van der Waals surface area (Å²) in [5, 5.41) is 13.1. The third kappa shape index (κ3) is 4.91. The van der Waals surface area contributed by atoms with E-state index in [-0.39, 0.29) is 0 Å². The Morgan fingerprint density at radius 2 is 2.14 bits per heavy atom. The fourth-order valence-electron chi connectivity index (χ4n) is 1.87. The van der Waals surface area contributed by atoms with Crippen molar-refractivity contribution in [1.82, 2.24) is 9.97 Å². The predicted octanol–water partition coefficient (Wildman–Crippen LogP) is 2.84. The van der Waals surface area contributed by atoms with Crippen molar-refractivity contribution < 1.29 is 9.84 Å². The molecule has 0 spiro atoms. The Kier molecular flexibility index (Phi) is 5.90. The summed E-state index contributed by atoms with van der Waals surface area (Å²) >= 11 is 3.38. The third-order valence-corrected chi connectivity index (χ3v) is 3.27. The Morgan fingerprint density at radius 1 is 1.33 bits per heavy atom. The zero-order valence-electron chi connectivity index (χ0n) is 12.2. The molecule has 2 N–H and O–H groups in total. The van der Waals surface area contributed by atoms with Gasteiger partial charge < -0.3 is 15.2 Å². The van der Waals surface area contributed by atoms with Gasteiger partial charge in [-0.05, 0) is 34.0 Å². The Labute approximate surface area is 132 Å². The van der Waals surface area contributed by atoms with Crippen molar-refractivity contribution >= 4 is 32.7 Å². The number of hydrogen-bond donors (Lipinski definition) is 2. The van der Waals surface area contributed by atoms with Crippen molar-refractivity contribution in [2.75, 3.05) is 25.1 Å². The van der Waals surface area contributed by atoms with Gasteiger partial charge >= 0.3 is 0 Å². The van der Waals surface area contributed by atoms with Crippen LogP contribution in [0.3, 0.4) is 0 Å². The number of anilines is 1. The second-order valence-electron chi connectivity index (χ2n) is 5.35. The number of fused-ring (bicyclic) bond motifs is 1. The summed E-state index contributed by atoms with van der Waals surface area (Å²) in [6.45, 7) is 5.56. The maximum Gasteiger partial charge on any atom is 0.112 e. The Balaban J connectivity index is 1.94. The molecule has 114 valence electrons. The molecule has 0 saturated heterocycles. The molecule has 0 fully saturated rings. The number of aliphatic hydroxyl groups excluding tert-OH is 1. The molecular formula is C15H20BrN3O2. The van der Waals surface area contributed by atoms with Crippen LogP contribution in [-0.4, -0.2) is 40.9 Å². The first-order chi connectivity index (χ1) is 10.1. The fraction of sp³-hybridized carbons (Fsp3) is 0.467. The van der Waals surface area contributed by atoms with E-state index in [1.165, 1.54) is 0 Å². The van der Waals surface area contributed by atoms with E-state index in [0.717, 1.165) is 21.2 Å². The van der Waals surface area contributed by atoms with E-state index in [2.05, 4.69) is 45.1 Å². The standard InChI is InChI=1S/C15H20BrN3O2/c1-10(2)8-21-9-12(20)7-18-13-3-4-17-14-5-11(16)6-19-15(13)14/h3-6,10,12,20H,7-9H2,1-2H3,(H,17,18). The largest absolute Gasteiger partial charge is 0.389 e. The van der Waals surface area contributed by atoms with E-state index in [9.17, 15) is 5.11 Å². The molecule has 0 bridgehead atoms. The van der Waals surface area contributed by atoms with Crippen LogP contribution in [0.5, 0.6) is 0 Å². The van der Waals surface area contributed by atoms with E-state index < -0.39 is 6.10 Å². The highest BCUT2D eigenvalue weighted by atomic mass is 79.9. The lowest BCUT2D eigenvalue weighted by molar-refractivity contribution is 0.0318. The minimum atomic E-state index is -0.553. The number of aliphatic hydroxyl groups is 1. The molecule has 2 aromatic heterocycles. The lowest BCUT2D eigenvalue weighted by Crippen LogP contribution is -2.25. The average Bonchev–Trinajstić information content (AvgIpc) is 2.44. The summed E-state index contributed by atoms with van der Waals surface area (Å²) in [4.78, 5) is 8.64. The second kappa shape index (κ2) is 7.68. The lowest BCUT2D eigenvalue weighted by atomic mass is 10.2. The van der Waals surface area contributed by atoms with Crippen molar-refractivity contribution in [3.8, 4) is 0 Å². The first-order valence-corrected chi connectivity index (χ1v) is 7.75. The van der Waals surface area contributed by atoms with Crippen molar-refractivity contribution in [2.24, 2.45) is 5.92 Å². The quantitative estimate of drug-likeness (QED) is 0.800. The van der Waals surface area contributed by atoms with Gasteiger partial charge in [0.25, 0.3) is 0 Å². The minimum Gasteiger partial charge on any atom is -0.389 e. The summed E-state index contributed by atoms with van der Waals surface area (Å²) in [5.41, 5.74) is 2.45. The van der Waals surface area contributed by atoms with Crippen molar-refractivity contribution in [3.05, 3.63) is 29.0 Å². The topological polar surface area (TPSA) is 67.3 Å². The van der Waals surface area contributed by atoms with Crippen LogP contribution in [0.25, 0.3) is 11.0 Å². The van der Waals surface area contributed by atoms with Gasteiger partial charge in [0.05, 0.1) is 23.9 Å². The molecule has 0 aliphatic rings. The highest BCUT2D eigenvalue weighted by Crippen LogP contribution is 2.21. The Bertz CT molecular complexity index is 592. The van der Waals surface area contributed by atoms with Crippen LogP contribution in [0.2, 0.25) is 0 Å².